The van der Waals surface area contributed by atoms with Crippen LogP contribution in [0, 0.1) is 0 Å². The molecule has 162 valence electrons. The van der Waals surface area contributed by atoms with Gasteiger partial charge in [-0.05, 0) is 36.3 Å². The van der Waals surface area contributed by atoms with E-state index >= 15 is 0 Å². The molecule has 1 aromatic heterocycles. The summed E-state index contributed by atoms with van der Waals surface area (Å²) in [6.45, 7) is 5.44. The van der Waals surface area contributed by atoms with E-state index in [2.05, 4.69) is 11.6 Å². The lowest BCUT2D eigenvalue weighted by molar-refractivity contribution is -0.138. The van der Waals surface area contributed by atoms with E-state index in [9.17, 15) is 9.59 Å². The number of hydrogen-bond donors (Lipinski definition) is 0. The molecule has 0 saturated carbocycles. The van der Waals surface area contributed by atoms with Crippen molar-refractivity contribution >= 4 is 23.4 Å². The second-order valence-corrected chi connectivity index (χ2v) is 8.16. The summed E-state index contributed by atoms with van der Waals surface area (Å²) < 4.78 is 12.6. The third-order valence-electron chi connectivity index (χ3n) is 5.10. The number of aromatic nitrogens is 1. The van der Waals surface area contributed by atoms with Crippen LogP contribution in [0.1, 0.15) is 24.1 Å². The molecule has 7 heteroatoms. The second kappa shape index (κ2) is 9.20. The number of allylic oxidation sites excluding steroid dienone is 1. The molecule has 4 rings (SSSR count). The van der Waals surface area contributed by atoms with Gasteiger partial charge in [0.25, 0.3) is 5.56 Å². The largest absolute Gasteiger partial charge is 0.497 e. The first-order valence-electron chi connectivity index (χ1n) is 10.0. The maximum Gasteiger partial charge on any atom is 0.338 e. The number of methoxy groups -OCH3 is 1. The molecule has 0 radical (unpaired) electrons. The molecule has 32 heavy (non-hydrogen) atoms. The van der Waals surface area contributed by atoms with E-state index in [0.717, 1.165) is 16.9 Å². The molecule has 0 aliphatic carbocycles. The number of ether oxygens (including phenoxy) is 2. The highest BCUT2D eigenvalue weighted by Gasteiger charge is 2.33. The Kier molecular flexibility index (Phi) is 6.18. The Morgan fingerprint density at radius 3 is 2.56 bits per heavy atom. The minimum atomic E-state index is -0.622. The van der Waals surface area contributed by atoms with Gasteiger partial charge in [-0.2, -0.15) is 0 Å². The Balaban J connectivity index is 1.89. The molecule has 2 aromatic carbocycles. The Labute approximate surface area is 189 Å². The molecular weight excluding hydrogens is 424 g/mol. The monoisotopic (exact) mass is 446 g/mol. The van der Waals surface area contributed by atoms with Gasteiger partial charge in [0, 0.05) is 0 Å². The van der Waals surface area contributed by atoms with Crippen molar-refractivity contribution in [3.8, 4) is 5.75 Å². The van der Waals surface area contributed by atoms with Crippen molar-refractivity contribution < 1.29 is 14.3 Å². The van der Waals surface area contributed by atoms with Gasteiger partial charge in [-0.25, -0.2) is 9.79 Å². The summed E-state index contributed by atoms with van der Waals surface area (Å²) in [5, 5.41) is 0. The Morgan fingerprint density at radius 2 is 1.91 bits per heavy atom. The predicted molar refractivity (Wildman–Crippen MR) is 124 cm³/mol. The topological polar surface area (TPSA) is 69.9 Å². The number of carbonyl (C=O) groups is 1. The lowest BCUT2D eigenvalue weighted by Crippen LogP contribution is -2.39. The van der Waals surface area contributed by atoms with E-state index in [1.807, 2.05) is 60.7 Å². The molecule has 0 saturated heterocycles. The van der Waals surface area contributed by atoms with Crippen molar-refractivity contribution in [3.63, 3.8) is 0 Å². The highest BCUT2D eigenvalue weighted by molar-refractivity contribution is 7.07. The van der Waals surface area contributed by atoms with Crippen LogP contribution >= 0.6 is 11.3 Å². The maximum atomic E-state index is 13.5. The second-order valence-electron chi connectivity index (χ2n) is 7.15. The molecular formula is C25H22N2O4S. The summed E-state index contributed by atoms with van der Waals surface area (Å²) in [7, 11) is 1.61. The van der Waals surface area contributed by atoms with Crippen molar-refractivity contribution in [2.75, 3.05) is 13.7 Å². The molecule has 0 spiro atoms. The minimum absolute atomic E-state index is 0.0824. The van der Waals surface area contributed by atoms with Crippen molar-refractivity contribution in [1.82, 2.24) is 4.57 Å². The van der Waals surface area contributed by atoms with Gasteiger partial charge in [0.1, 0.15) is 12.4 Å². The number of esters is 1. The normalized spacial score (nSPS) is 15.7. The van der Waals surface area contributed by atoms with Crippen LogP contribution in [-0.2, 0) is 9.53 Å². The lowest BCUT2D eigenvalue weighted by Gasteiger charge is -2.24. The fourth-order valence-electron chi connectivity index (χ4n) is 3.60. The van der Waals surface area contributed by atoms with Crippen LogP contribution in [0.25, 0.3) is 6.08 Å². The summed E-state index contributed by atoms with van der Waals surface area (Å²) in [5.41, 5.74) is 2.35. The van der Waals surface area contributed by atoms with Gasteiger partial charge < -0.3 is 9.47 Å². The zero-order chi connectivity index (χ0) is 22.7. The number of hydrogen-bond acceptors (Lipinski definition) is 6. The SMILES string of the molecule is C=CCOC(=O)C1=C(C)N=c2s/c(=C\c3ccc(OC)cc3)c(=O)n2[C@H]1c1ccccc1. The molecule has 2 heterocycles. The minimum Gasteiger partial charge on any atom is -0.497 e. The van der Waals surface area contributed by atoms with Gasteiger partial charge in [0.15, 0.2) is 4.80 Å². The van der Waals surface area contributed by atoms with Gasteiger partial charge >= 0.3 is 5.97 Å². The van der Waals surface area contributed by atoms with Crippen molar-refractivity contribution in [1.29, 1.82) is 0 Å². The summed E-state index contributed by atoms with van der Waals surface area (Å²) in [5.74, 6) is 0.232. The summed E-state index contributed by atoms with van der Waals surface area (Å²) in [6.07, 6.45) is 3.33. The summed E-state index contributed by atoms with van der Waals surface area (Å²) in [6, 6.07) is 16.3. The Hall–Kier alpha value is -3.71. The van der Waals surface area contributed by atoms with E-state index in [1.54, 1.807) is 18.6 Å². The number of fused-ring (bicyclic) bond motifs is 1. The molecule has 3 aromatic rings. The quantitative estimate of drug-likeness (QED) is 0.431. The zero-order valence-electron chi connectivity index (χ0n) is 17.8. The average molecular weight is 447 g/mol. The molecule has 1 atom stereocenters. The van der Waals surface area contributed by atoms with Gasteiger partial charge in [-0.3, -0.25) is 9.36 Å². The fraction of sp³-hybridized carbons (Fsp3) is 0.160. The highest BCUT2D eigenvalue weighted by atomic mass is 32.1. The number of carbonyl (C=O) groups excluding carboxylic acids is 1. The van der Waals surface area contributed by atoms with E-state index < -0.39 is 12.0 Å². The lowest BCUT2D eigenvalue weighted by atomic mass is 9.96. The number of nitrogens with zero attached hydrogens (tertiary/aromatic N) is 2. The van der Waals surface area contributed by atoms with Crippen LogP contribution < -0.4 is 19.6 Å². The number of benzene rings is 2. The third kappa shape index (κ3) is 4.07. The van der Waals surface area contributed by atoms with E-state index in [4.69, 9.17) is 9.47 Å². The Bertz CT molecular complexity index is 1370. The standard InChI is InChI=1S/C25H22N2O4S/c1-4-14-31-24(29)21-16(2)26-25-27(22(21)18-8-6-5-7-9-18)23(28)20(32-25)15-17-10-12-19(30-3)13-11-17/h4-13,15,22H,1,14H2,2-3H3/b20-15-/t22-/m0/s1. The van der Waals surface area contributed by atoms with Crippen LogP contribution in [0.15, 0.2) is 88.3 Å². The predicted octanol–water partition coefficient (Wildman–Crippen LogP) is 2.97. The molecule has 1 aliphatic heterocycles. The van der Waals surface area contributed by atoms with Crippen molar-refractivity contribution in [2.45, 2.75) is 13.0 Å². The summed E-state index contributed by atoms with van der Waals surface area (Å²) >= 11 is 1.30. The molecule has 0 N–H and O–H groups in total. The third-order valence-corrected chi connectivity index (χ3v) is 6.09. The fourth-order valence-corrected chi connectivity index (χ4v) is 4.64. The zero-order valence-corrected chi connectivity index (χ0v) is 18.6. The summed E-state index contributed by atoms with van der Waals surface area (Å²) in [4.78, 5) is 31.5. The first kappa shape index (κ1) is 21.5. The van der Waals surface area contributed by atoms with E-state index in [1.165, 1.54) is 17.4 Å². The highest BCUT2D eigenvalue weighted by Crippen LogP contribution is 2.30. The smallest absolute Gasteiger partial charge is 0.338 e. The number of rotatable bonds is 6. The molecule has 0 bridgehead atoms. The maximum absolute atomic E-state index is 13.5. The first-order chi connectivity index (χ1) is 15.5. The molecule has 0 amide bonds. The van der Waals surface area contributed by atoms with Gasteiger partial charge in [-0.1, -0.05) is 66.5 Å². The van der Waals surface area contributed by atoms with Crippen LogP contribution in [0.4, 0.5) is 0 Å². The van der Waals surface area contributed by atoms with E-state index in [-0.39, 0.29) is 12.2 Å². The van der Waals surface area contributed by atoms with Gasteiger partial charge in [0.2, 0.25) is 0 Å². The van der Waals surface area contributed by atoms with E-state index in [0.29, 0.717) is 20.6 Å². The van der Waals surface area contributed by atoms with Crippen LogP contribution in [-0.4, -0.2) is 24.3 Å². The molecule has 1 aliphatic rings. The van der Waals surface area contributed by atoms with Gasteiger partial charge in [-0.15, -0.1) is 0 Å². The average Bonchev–Trinajstić information content (AvgIpc) is 3.12. The van der Waals surface area contributed by atoms with Crippen LogP contribution in [0.5, 0.6) is 5.75 Å². The number of thiazole rings is 1. The molecule has 0 fully saturated rings. The van der Waals surface area contributed by atoms with Crippen LogP contribution in [0.2, 0.25) is 0 Å². The first-order valence-corrected chi connectivity index (χ1v) is 10.8. The Morgan fingerprint density at radius 1 is 1.19 bits per heavy atom. The van der Waals surface area contributed by atoms with Gasteiger partial charge in [0.05, 0.1) is 29.0 Å². The molecule has 0 unspecified atom stereocenters. The van der Waals surface area contributed by atoms with Crippen LogP contribution in [0.3, 0.4) is 0 Å². The van der Waals surface area contributed by atoms with Crippen molar-refractivity contribution in [3.05, 3.63) is 109 Å². The van der Waals surface area contributed by atoms with Crippen molar-refractivity contribution in [2.24, 2.45) is 4.99 Å². The molecule has 6 nitrogen and oxygen atoms in total.